The summed E-state index contributed by atoms with van der Waals surface area (Å²) in [6.45, 7) is 9.31. The molecule has 2 aromatic carbocycles. The van der Waals surface area contributed by atoms with Crippen LogP contribution in [0.5, 0.6) is 5.75 Å². The van der Waals surface area contributed by atoms with E-state index in [4.69, 9.17) is 10.5 Å². The van der Waals surface area contributed by atoms with E-state index in [0.29, 0.717) is 18.4 Å². The second-order valence-electron chi connectivity index (χ2n) is 6.34. The van der Waals surface area contributed by atoms with E-state index in [1.54, 1.807) is 0 Å². The number of ether oxygens (including phenoxy) is 1. The first-order valence-corrected chi connectivity index (χ1v) is 7.61. The highest BCUT2D eigenvalue weighted by atomic mass is 16.5. The summed E-state index contributed by atoms with van der Waals surface area (Å²) in [5.74, 6) is 1.88. The van der Waals surface area contributed by atoms with Crippen molar-refractivity contribution < 1.29 is 4.74 Å². The third-order valence-electron chi connectivity index (χ3n) is 4.56. The molecule has 1 unspecified atom stereocenters. The molecule has 21 heavy (non-hydrogen) atoms. The zero-order valence-corrected chi connectivity index (χ0v) is 13.2. The molecule has 110 valence electrons. The lowest BCUT2D eigenvalue weighted by Crippen LogP contribution is -2.05. The van der Waals surface area contributed by atoms with Crippen molar-refractivity contribution in [2.24, 2.45) is 0 Å². The van der Waals surface area contributed by atoms with Crippen LogP contribution in [0.15, 0.2) is 30.3 Å². The first-order valence-electron chi connectivity index (χ1n) is 7.61. The highest BCUT2D eigenvalue weighted by molar-refractivity contribution is 5.63. The first-order chi connectivity index (χ1) is 9.99. The van der Waals surface area contributed by atoms with Gasteiger partial charge in [-0.3, -0.25) is 0 Å². The molecule has 1 heterocycles. The minimum atomic E-state index is 0.295. The van der Waals surface area contributed by atoms with Gasteiger partial charge < -0.3 is 10.5 Å². The van der Waals surface area contributed by atoms with Crippen LogP contribution in [0.25, 0.3) is 0 Å². The van der Waals surface area contributed by atoms with Gasteiger partial charge in [-0.05, 0) is 48.1 Å². The number of hydrogen-bond acceptors (Lipinski definition) is 2. The minimum absolute atomic E-state index is 0.295. The molecule has 2 heteroatoms. The summed E-state index contributed by atoms with van der Waals surface area (Å²) in [5.41, 5.74) is 13.2. The maximum absolute atomic E-state index is 6.14. The van der Waals surface area contributed by atoms with Crippen molar-refractivity contribution >= 4 is 5.69 Å². The van der Waals surface area contributed by atoms with Crippen molar-refractivity contribution in [3.63, 3.8) is 0 Å². The molecule has 1 atom stereocenters. The van der Waals surface area contributed by atoms with E-state index in [0.717, 1.165) is 22.6 Å². The molecule has 2 nitrogen and oxygen atoms in total. The van der Waals surface area contributed by atoms with Gasteiger partial charge in [0.1, 0.15) is 5.75 Å². The number of hydrogen-bond donors (Lipinski definition) is 1. The second kappa shape index (κ2) is 5.10. The van der Waals surface area contributed by atoms with Gasteiger partial charge in [-0.25, -0.2) is 0 Å². The lowest BCUT2D eigenvalue weighted by molar-refractivity contribution is 0.341. The topological polar surface area (TPSA) is 35.2 Å². The van der Waals surface area contributed by atoms with Crippen LogP contribution < -0.4 is 10.5 Å². The summed E-state index contributed by atoms with van der Waals surface area (Å²) in [6.07, 6.45) is 0. The van der Waals surface area contributed by atoms with Crippen molar-refractivity contribution in [1.29, 1.82) is 0 Å². The third kappa shape index (κ3) is 2.29. The van der Waals surface area contributed by atoms with Gasteiger partial charge in [0, 0.05) is 17.2 Å². The van der Waals surface area contributed by atoms with Crippen LogP contribution in [0.1, 0.15) is 53.5 Å². The van der Waals surface area contributed by atoms with E-state index in [1.807, 2.05) is 6.07 Å². The van der Waals surface area contributed by atoms with Crippen molar-refractivity contribution in [3.05, 3.63) is 58.1 Å². The largest absolute Gasteiger partial charge is 0.492 e. The molecule has 0 saturated heterocycles. The van der Waals surface area contributed by atoms with Crippen LogP contribution in [0.4, 0.5) is 5.69 Å². The van der Waals surface area contributed by atoms with Crippen molar-refractivity contribution in [2.45, 2.75) is 39.5 Å². The SMILES string of the molecule is Cc1cc(N)c(C)c2c1OCC2c1ccc(C(C)C)cc1. The van der Waals surface area contributed by atoms with Gasteiger partial charge >= 0.3 is 0 Å². The van der Waals surface area contributed by atoms with E-state index in [9.17, 15) is 0 Å². The molecule has 0 fully saturated rings. The molecule has 2 N–H and O–H groups in total. The highest BCUT2D eigenvalue weighted by Crippen LogP contribution is 2.44. The average molecular weight is 281 g/mol. The van der Waals surface area contributed by atoms with E-state index in [2.05, 4.69) is 52.0 Å². The van der Waals surface area contributed by atoms with Crippen LogP contribution in [0.3, 0.4) is 0 Å². The summed E-state index contributed by atoms with van der Waals surface area (Å²) >= 11 is 0. The zero-order chi connectivity index (χ0) is 15.1. The summed E-state index contributed by atoms with van der Waals surface area (Å²) in [4.78, 5) is 0. The first kappa shape index (κ1) is 14.0. The molecule has 0 amide bonds. The third-order valence-corrected chi connectivity index (χ3v) is 4.56. The quantitative estimate of drug-likeness (QED) is 0.821. The van der Waals surface area contributed by atoms with Gasteiger partial charge in [0.2, 0.25) is 0 Å². The Bertz CT molecular complexity index is 671. The Labute approximate surface area is 126 Å². The summed E-state index contributed by atoms with van der Waals surface area (Å²) in [7, 11) is 0. The van der Waals surface area contributed by atoms with E-state index >= 15 is 0 Å². The molecule has 0 aliphatic carbocycles. The summed E-state index contributed by atoms with van der Waals surface area (Å²) < 4.78 is 5.95. The molecule has 1 aliphatic heterocycles. The van der Waals surface area contributed by atoms with Gasteiger partial charge in [0.15, 0.2) is 0 Å². The second-order valence-corrected chi connectivity index (χ2v) is 6.34. The fourth-order valence-electron chi connectivity index (χ4n) is 3.18. The number of anilines is 1. The van der Waals surface area contributed by atoms with Gasteiger partial charge in [-0.15, -0.1) is 0 Å². The Morgan fingerprint density at radius 1 is 1.14 bits per heavy atom. The predicted octanol–water partition coefficient (Wildman–Crippen LogP) is 4.53. The van der Waals surface area contributed by atoms with E-state index in [1.165, 1.54) is 16.7 Å². The Hall–Kier alpha value is -1.96. The van der Waals surface area contributed by atoms with Gasteiger partial charge in [0.05, 0.1) is 6.61 Å². The normalized spacial score (nSPS) is 16.9. The fraction of sp³-hybridized carbons (Fsp3) is 0.368. The van der Waals surface area contributed by atoms with E-state index in [-0.39, 0.29) is 0 Å². The van der Waals surface area contributed by atoms with Crippen LogP contribution in [0.2, 0.25) is 0 Å². The van der Waals surface area contributed by atoms with Crippen molar-refractivity contribution in [2.75, 3.05) is 12.3 Å². The highest BCUT2D eigenvalue weighted by Gasteiger charge is 2.29. The predicted molar refractivity (Wildman–Crippen MR) is 88.2 cm³/mol. The Morgan fingerprint density at radius 2 is 1.81 bits per heavy atom. The Morgan fingerprint density at radius 3 is 2.43 bits per heavy atom. The maximum atomic E-state index is 6.14. The van der Waals surface area contributed by atoms with E-state index < -0.39 is 0 Å². The minimum Gasteiger partial charge on any atom is -0.492 e. The number of benzene rings is 2. The molecule has 3 rings (SSSR count). The molecule has 0 aromatic heterocycles. The number of aryl methyl sites for hydroxylation is 1. The molecular weight excluding hydrogens is 258 g/mol. The van der Waals surface area contributed by atoms with Crippen LogP contribution in [-0.4, -0.2) is 6.61 Å². The maximum Gasteiger partial charge on any atom is 0.126 e. The Kier molecular flexibility index (Phi) is 3.40. The van der Waals surface area contributed by atoms with Crippen LogP contribution >= 0.6 is 0 Å². The lowest BCUT2D eigenvalue weighted by atomic mass is 9.87. The van der Waals surface area contributed by atoms with Gasteiger partial charge in [-0.1, -0.05) is 38.1 Å². The molecule has 0 bridgehead atoms. The molecule has 0 spiro atoms. The molecule has 2 aromatic rings. The number of nitrogens with two attached hydrogens (primary N) is 1. The standard InChI is InChI=1S/C19H23NO/c1-11(2)14-5-7-15(8-6-14)16-10-21-19-12(3)9-17(20)13(4)18(16)19/h5-9,11,16H,10,20H2,1-4H3. The molecule has 0 radical (unpaired) electrons. The fourth-order valence-corrected chi connectivity index (χ4v) is 3.18. The Balaban J connectivity index is 2.05. The summed E-state index contributed by atoms with van der Waals surface area (Å²) in [6, 6.07) is 10.9. The van der Waals surface area contributed by atoms with Gasteiger partial charge in [-0.2, -0.15) is 0 Å². The van der Waals surface area contributed by atoms with Crippen LogP contribution in [0, 0.1) is 13.8 Å². The molecule has 0 saturated carbocycles. The average Bonchev–Trinajstić information content (AvgIpc) is 2.90. The van der Waals surface area contributed by atoms with Crippen molar-refractivity contribution in [1.82, 2.24) is 0 Å². The molecule has 1 aliphatic rings. The molecular formula is C19H23NO. The van der Waals surface area contributed by atoms with Crippen LogP contribution in [-0.2, 0) is 0 Å². The number of fused-ring (bicyclic) bond motifs is 1. The van der Waals surface area contributed by atoms with Gasteiger partial charge in [0.25, 0.3) is 0 Å². The smallest absolute Gasteiger partial charge is 0.126 e. The van der Waals surface area contributed by atoms with Crippen molar-refractivity contribution in [3.8, 4) is 5.75 Å². The zero-order valence-electron chi connectivity index (χ0n) is 13.2. The summed E-state index contributed by atoms with van der Waals surface area (Å²) in [5, 5.41) is 0. The monoisotopic (exact) mass is 281 g/mol. The number of nitrogen functional groups attached to an aromatic ring is 1. The number of rotatable bonds is 2. The lowest BCUT2D eigenvalue weighted by Gasteiger charge is -2.15.